The van der Waals surface area contributed by atoms with E-state index >= 15 is 0 Å². The van der Waals surface area contributed by atoms with Crippen molar-refractivity contribution in [3.8, 4) is 11.8 Å². The summed E-state index contributed by atoms with van der Waals surface area (Å²) < 4.78 is 2.15. The summed E-state index contributed by atoms with van der Waals surface area (Å²) >= 11 is 0. The molecule has 4 nitrogen and oxygen atoms in total. The molecule has 0 saturated carbocycles. The number of fused-ring (bicyclic) bond motifs is 1. The molecule has 4 heteroatoms. The molecule has 1 amide bonds. The number of nitrogens with one attached hydrogen (secondary N) is 1. The molecule has 1 atom stereocenters. The average molecular weight is 420 g/mol. The Morgan fingerprint density at radius 2 is 1.66 bits per heavy atom. The maximum atomic E-state index is 12.8. The first-order valence-corrected chi connectivity index (χ1v) is 10.6. The predicted octanol–water partition coefficient (Wildman–Crippen LogP) is 6.03. The smallest absolute Gasteiger partial charge is 0.262 e. The molecular weight excluding hydrogens is 394 g/mol. The summed E-state index contributed by atoms with van der Waals surface area (Å²) in [6.45, 7) is 5.95. The Hall–Kier alpha value is -4.10. The second-order valence-electron chi connectivity index (χ2n) is 7.97. The topological polar surface area (TPSA) is 57.8 Å². The van der Waals surface area contributed by atoms with E-state index < -0.39 is 0 Å². The van der Waals surface area contributed by atoms with Gasteiger partial charge >= 0.3 is 0 Å². The Morgan fingerprint density at radius 3 is 2.38 bits per heavy atom. The zero-order valence-electron chi connectivity index (χ0n) is 18.5. The number of nitriles is 1. The Morgan fingerprint density at radius 1 is 0.969 bits per heavy atom. The number of aryl methyl sites for hydroxylation is 1. The number of benzene rings is 3. The van der Waals surface area contributed by atoms with Gasteiger partial charge in [0.1, 0.15) is 11.6 Å². The molecule has 0 saturated heterocycles. The van der Waals surface area contributed by atoms with Crippen molar-refractivity contribution >= 4 is 22.8 Å². The largest absolute Gasteiger partial charge is 0.345 e. The van der Waals surface area contributed by atoms with Gasteiger partial charge in [-0.3, -0.25) is 4.79 Å². The predicted molar refractivity (Wildman–Crippen MR) is 129 cm³/mol. The van der Waals surface area contributed by atoms with E-state index in [1.54, 1.807) is 6.08 Å². The van der Waals surface area contributed by atoms with Crippen LogP contribution in [0.1, 0.15) is 35.5 Å². The van der Waals surface area contributed by atoms with Crippen molar-refractivity contribution in [2.45, 2.75) is 26.8 Å². The van der Waals surface area contributed by atoms with Gasteiger partial charge in [0.05, 0.1) is 6.04 Å². The Kier molecular flexibility index (Phi) is 5.91. The summed E-state index contributed by atoms with van der Waals surface area (Å²) in [4.78, 5) is 12.8. The molecule has 4 rings (SSSR count). The van der Waals surface area contributed by atoms with Gasteiger partial charge in [0.2, 0.25) is 0 Å². The number of nitrogens with zero attached hydrogens (tertiary/aromatic N) is 2. The Labute approximate surface area is 188 Å². The van der Waals surface area contributed by atoms with E-state index in [1.807, 2.05) is 69.3 Å². The highest BCUT2D eigenvalue weighted by Crippen LogP contribution is 2.26. The first-order chi connectivity index (χ1) is 15.5. The van der Waals surface area contributed by atoms with Crippen molar-refractivity contribution in [2.75, 3.05) is 0 Å². The Balaban J connectivity index is 1.64. The van der Waals surface area contributed by atoms with Crippen LogP contribution >= 0.6 is 0 Å². The molecule has 0 radical (unpaired) electrons. The quantitative estimate of drug-likeness (QED) is 0.317. The van der Waals surface area contributed by atoms with Crippen molar-refractivity contribution in [1.82, 2.24) is 9.88 Å². The van der Waals surface area contributed by atoms with Crippen LogP contribution < -0.4 is 5.32 Å². The van der Waals surface area contributed by atoms with Crippen LogP contribution in [-0.2, 0) is 4.79 Å². The zero-order valence-corrected chi connectivity index (χ0v) is 18.5. The summed E-state index contributed by atoms with van der Waals surface area (Å²) in [5.74, 6) is -0.376. The van der Waals surface area contributed by atoms with Crippen LogP contribution in [-0.4, -0.2) is 10.5 Å². The number of hydrogen-bond donors (Lipinski definition) is 1. The summed E-state index contributed by atoms with van der Waals surface area (Å²) in [6.07, 6.45) is 1.67. The molecule has 32 heavy (non-hydrogen) atoms. The third kappa shape index (κ3) is 4.19. The molecule has 4 aromatic rings. The van der Waals surface area contributed by atoms with Crippen LogP contribution in [0.25, 0.3) is 22.5 Å². The molecule has 1 N–H and O–H groups in total. The maximum absolute atomic E-state index is 12.8. The van der Waals surface area contributed by atoms with Gasteiger partial charge in [-0.1, -0.05) is 60.7 Å². The molecule has 0 aliphatic rings. The highest BCUT2D eigenvalue weighted by molar-refractivity contribution is 6.02. The van der Waals surface area contributed by atoms with Gasteiger partial charge in [0.25, 0.3) is 5.91 Å². The van der Waals surface area contributed by atoms with Crippen molar-refractivity contribution in [3.05, 3.63) is 107 Å². The minimum Gasteiger partial charge on any atom is -0.345 e. The summed E-state index contributed by atoms with van der Waals surface area (Å²) in [5.41, 5.74) is 5.02. The van der Waals surface area contributed by atoms with Crippen LogP contribution in [0.15, 0.2) is 84.4 Å². The molecule has 1 aromatic heterocycles. The van der Waals surface area contributed by atoms with Crippen molar-refractivity contribution in [1.29, 1.82) is 5.26 Å². The second-order valence-corrected chi connectivity index (χ2v) is 7.97. The molecule has 158 valence electrons. The third-order valence-electron chi connectivity index (χ3n) is 5.77. The molecule has 0 aliphatic heterocycles. The van der Waals surface area contributed by atoms with Crippen molar-refractivity contribution in [2.24, 2.45) is 0 Å². The lowest BCUT2D eigenvalue weighted by atomic mass is 10.1. The first-order valence-electron chi connectivity index (χ1n) is 10.6. The van der Waals surface area contributed by atoms with E-state index in [2.05, 4.69) is 46.3 Å². The summed E-state index contributed by atoms with van der Waals surface area (Å²) in [7, 11) is 0. The monoisotopic (exact) mass is 419 g/mol. The van der Waals surface area contributed by atoms with E-state index in [0.717, 1.165) is 28.2 Å². The van der Waals surface area contributed by atoms with Crippen LogP contribution in [0.4, 0.5) is 0 Å². The highest BCUT2D eigenvalue weighted by Gasteiger charge is 2.16. The van der Waals surface area contributed by atoms with E-state index in [1.165, 1.54) is 10.8 Å². The van der Waals surface area contributed by atoms with Gasteiger partial charge in [-0.05, 0) is 66.9 Å². The van der Waals surface area contributed by atoms with E-state index in [-0.39, 0.29) is 17.5 Å². The van der Waals surface area contributed by atoms with Crippen LogP contribution in [0.2, 0.25) is 0 Å². The average Bonchev–Trinajstić information content (AvgIpc) is 3.10. The fourth-order valence-corrected chi connectivity index (χ4v) is 4.05. The van der Waals surface area contributed by atoms with E-state index in [9.17, 15) is 10.1 Å². The normalized spacial score (nSPS) is 12.4. The van der Waals surface area contributed by atoms with Gasteiger partial charge in [-0.25, -0.2) is 0 Å². The zero-order chi connectivity index (χ0) is 22.7. The van der Waals surface area contributed by atoms with Crippen LogP contribution in [0.3, 0.4) is 0 Å². The molecular formula is C28H25N3O. The van der Waals surface area contributed by atoms with Crippen LogP contribution in [0.5, 0.6) is 0 Å². The standard InChI is InChI=1S/C28H25N3O/c1-19-15-25(16-26(18-29)28(32)30-20(2)22-9-5-4-6-10-22)21(3)31(19)27-14-13-23-11-7-8-12-24(23)17-27/h4-17,20H,1-3H3,(H,30,32)/b26-16+/t20-/m0/s1. The van der Waals surface area contributed by atoms with Crippen LogP contribution in [0, 0.1) is 25.2 Å². The van der Waals surface area contributed by atoms with Crippen molar-refractivity contribution < 1.29 is 4.79 Å². The maximum Gasteiger partial charge on any atom is 0.262 e. The van der Waals surface area contributed by atoms with Gasteiger partial charge in [-0.2, -0.15) is 5.26 Å². The van der Waals surface area contributed by atoms with Gasteiger partial charge < -0.3 is 9.88 Å². The minimum absolute atomic E-state index is 0.0894. The third-order valence-corrected chi connectivity index (χ3v) is 5.77. The molecule has 1 heterocycles. The van der Waals surface area contributed by atoms with Gasteiger partial charge in [-0.15, -0.1) is 0 Å². The molecule has 0 bridgehead atoms. The number of hydrogen-bond acceptors (Lipinski definition) is 2. The van der Waals surface area contributed by atoms with Gasteiger partial charge in [0, 0.05) is 17.1 Å². The number of amides is 1. The van der Waals surface area contributed by atoms with Gasteiger partial charge in [0.15, 0.2) is 0 Å². The number of aromatic nitrogens is 1. The van der Waals surface area contributed by atoms with E-state index in [0.29, 0.717) is 0 Å². The summed E-state index contributed by atoms with van der Waals surface area (Å²) in [6, 6.07) is 28.2. The summed E-state index contributed by atoms with van der Waals surface area (Å²) in [5, 5.41) is 14.9. The first kappa shape index (κ1) is 21.1. The Bertz CT molecular complexity index is 1360. The lowest BCUT2D eigenvalue weighted by Crippen LogP contribution is -2.27. The molecule has 0 spiro atoms. The fourth-order valence-electron chi connectivity index (χ4n) is 4.05. The SMILES string of the molecule is Cc1cc(/C=C(\C#N)C(=O)N[C@@H](C)c2ccccc2)c(C)n1-c1ccc2ccccc2c1. The molecule has 0 fully saturated rings. The molecule has 3 aromatic carbocycles. The molecule has 0 unspecified atom stereocenters. The lowest BCUT2D eigenvalue weighted by Gasteiger charge is -2.14. The van der Waals surface area contributed by atoms with Crippen molar-refractivity contribution in [3.63, 3.8) is 0 Å². The second kappa shape index (κ2) is 8.95. The lowest BCUT2D eigenvalue weighted by molar-refractivity contribution is -0.117. The highest BCUT2D eigenvalue weighted by atomic mass is 16.1. The molecule has 0 aliphatic carbocycles. The number of carbonyl (C=O) groups excluding carboxylic acids is 1. The number of rotatable bonds is 5. The fraction of sp³-hybridized carbons (Fsp3) is 0.143. The number of carbonyl (C=O) groups is 1. The minimum atomic E-state index is -0.376. The van der Waals surface area contributed by atoms with E-state index in [4.69, 9.17) is 0 Å².